The third kappa shape index (κ3) is 4.56. The number of hydrogen-bond donors (Lipinski definition) is 0. The first kappa shape index (κ1) is 11.8. The third-order valence-electron chi connectivity index (χ3n) is 0.669. The van der Waals surface area contributed by atoms with Gasteiger partial charge in [0.1, 0.15) is 5.82 Å². The van der Waals surface area contributed by atoms with Crippen molar-refractivity contribution in [1.82, 2.24) is 0 Å². The molecule has 1 radical (unpaired) electrons. The Balaban J connectivity index is 0. The second-order valence-corrected chi connectivity index (χ2v) is 1.22. The fraction of sp³-hybridized carbons (Fsp3) is 0. The number of benzene rings is 1. The molecule has 0 aliphatic carbocycles. The van der Waals surface area contributed by atoms with Crippen molar-refractivity contribution < 1.29 is 36.3 Å². The van der Waals surface area contributed by atoms with Crippen molar-refractivity contribution >= 4 is 0 Å². The minimum absolute atomic E-state index is 0. The van der Waals surface area contributed by atoms with E-state index in [4.69, 9.17) is 0 Å². The van der Waals surface area contributed by atoms with Gasteiger partial charge in [-0.3, -0.25) is 0 Å². The standard InChI is InChI=1S/C6H4F.ClH.Zn/c7-6-4-2-1-3-5-6;;/h1-2,4-5H;1H;/p-1. The van der Waals surface area contributed by atoms with Crippen molar-refractivity contribution in [2.75, 3.05) is 0 Å². The summed E-state index contributed by atoms with van der Waals surface area (Å²) in [5.41, 5.74) is 0. The van der Waals surface area contributed by atoms with Crippen LogP contribution in [0.2, 0.25) is 0 Å². The van der Waals surface area contributed by atoms with Crippen LogP contribution in [0.3, 0.4) is 0 Å². The Labute approximate surface area is 72.6 Å². The molecule has 0 atom stereocenters. The number of rotatable bonds is 0. The third-order valence-corrected chi connectivity index (χ3v) is 0.669. The van der Waals surface area contributed by atoms with Gasteiger partial charge in [-0.1, -0.05) is 12.1 Å². The Morgan fingerprint density at radius 1 is 1.44 bits per heavy atom. The summed E-state index contributed by atoms with van der Waals surface area (Å²) < 4.78 is 11.9. The topological polar surface area (TPSA) is 0 Å². The van der Waals surface area contributed by atoms with Crippen molar-refractivity contribution in [3.63, 3.8) is 0 Å². The van der Waals surface area contributed by atoms with Gasteiger partial charge in [0.15, 0.2) is 0 Å². The van der Waals surface area contributed by atoms with Crippen molar-refractivity contribution in [3.8, 4) is 0 Å². The molecule has 1 aromatic rings. The van der Waals surface area contributed by atoms with E-state index in [0.717, 1.165) is 0 Å². The predicted octanol–water partition coefficient (Wildman–Crippen LogP) is -1.37. The van der Waals surface area contributed by atoms with Gasteiger partial charge in [0.25, 0.3) is 0 Å². The first-order valence-corrected chi connectivity index (χ1v) is 2.01. The molecular formula is C6H4ClFZn-. The molecular weight excluding hydrogens is 192 g/mol. The van der Waals surface area contributed by atoms with E-state index in [1.165, 1.54) is 12.1 Å². The SMILES string of the molecule is Fc1c[c]ccc1.[Cl-].[Zn]. The number of halogens is 2. The molecule has 0 heterocycles. The molecule has 0 amide bonds. The maximum absolute atomic E-state index is 11.9. The van der Waals surface area contributed by atoms with E-state index in [1.807, 2.05) is 0 Å². The molecule has 3 heteroatoms. The van der Waals surface area contributed by atoms with Gasteiger partial charge in [-0.25, -0.2) is 4.39 Å². The molecule has 0 fully saturated rings. The molecule has 9 heavy (non-hydrogen) atoms. The van der Waals surface area contributed by atoms with E-state index in [2.05, 4.69) is 6.07 Å². The van der Waals surface area contributed by atoms with E-state index in [-0.39, 0.29) is 37.7 Å². The van der Waals surface area contributed by atoms with Gasteiger partial charge in [0.05, 0.1) is 0 Å². The summed E-state index contributed by atoms with van der Waals surface area (Å²) in [6.07, 6.45) is 0. The smallest absolute Gasteiger partial charge is 0.123 e. The van der Waals surface area contributed by atoms with Crippen LogP contribution in [0, 0.1) is 11.9 Å². The quantitative estimate of drug-likeness (QED) is 0.449. The van der Waals surface area contributed by atoms with Crippen molar-refractivity contribution in [3.05, 3.63) is 36.1 Å². The molecule has 0 unspecified atom stereocenters. The molecule has 0 N–H and O–H groups in total. The molecule has 1 aromatic carbocycles. The molecule has 0 aromatic heterocycles. The van der Waals surface area contributed by atoms with E-state index in [9.17, 15) is 4.39 Å². The Morgan fingerprint density at radius 2 is 2.11 bits per heavy atom. The largest absolute Gasteiger partial charge is 1.00 e. The molecule has 0 bridgehead atoms. The van der Waals surface area contributed by atoms with Crippen molar-refractivity contribution in [2.24, 2.45) is 0 Å². The van der Waals surface area contributed by atoms with E-state index >= 15 is 0 Å². The molecule has 0 aliphatic heterocycles. The van der Waals surface area contributed by atoms with Gasteiger partial charge >= 0.3 is 0 Å². The summed E-state index contributed by atoms with van der Waals surface area (Å²) in [6.45, 7) is 0. The Kier molecular flexibility index (Phi) is 8.12. The summed E-state index contributed by atoms with van der Waals surface area (Å²) in [6, 6.07) is 8.53. The molecule has 0 saturated heterocycles. The van der Waals surface area contributed by atoms with Crippen LogP contribution in [0.25, 0.3) is 0 Å². The second-order valence-electron chi connectivity index (χ2n) is 1.22. The van der Waals surface area contributed by atoms with Crippen LogP contribution in [0.5, 0.6) is 0 Å². The van der Waals surface area contributed by atoms with Gasteiger partial charge in [0, 0.05) is 19.5 Å². The average molecular weight is 196 g/mol. The molecule has 0 spiro atoms. The molecule has 1 rings (SSSR count). The fourth-order valence-corrected chi connectivity index (χ4v) is 0.371. The van der Waals surface area contributed by atoms with Gasteiger partial charge in [0.2, 0.25) is 0 Å². The normalized spacial score (nSPS) is 6.78. The van der Waals surface area contributed by atoms with Crippen LogP contribution in [0.4, 0.5) is 4.39 Å². The van der Waals surface area contributed by atoms with E-state index < -0.39 is 0 Å². The summed E-state index contributed by atoms with van der Waals surface area (Å²) in [5, 5.41) is 0. The van der Waals surface area contributed by atoms with Crippen LogP contribution >= 0.6 is 0 Å². The zero-order chi connectivity index (χ0) is 5.11. The number of hydrogen-bond acceptors (Lipinski definition) is 0. The summed E-state index contributed by atoms with van der Waals surface area (Å²) >= 11 is 0. The average Bonchev–Trinajstić information content (AvgIpc) is 1.69. The van der Waals surface area contributed by atoms with Crippen molar-refractivity contribution in [1.29, 1.82) is 0 Å². The maximum atomic E-state index is 11.9. The van der Waals surface area contributed by atoms with Crippen LogP contribution in [-0.4, -0.2) is 0 Å². The summed E-state index contributed by atoms with van der Waals surface area (Å²) in [7, 11) is 0. The van der Waals surface area contributed by atoms with Crippen molar-refractivity contribution in [2.45, 2.75) is 0 Å². The molecule has 0 saturated carbocycles. The summed E-state index contributed by atoms with van der Waals surface area (Å²) in [4.78, 5) is 0. The first-order valence-electron chi connectivity index (χ1n) is 2.01. The first-order chi connectivity index (χ1) is 3.39. The summed E-state index contributed by atoms with van der Waals surface area (Å²) in [5.74, 6) is -0.234. The molecule has 0 nitrogen and oxygen atoms in total. The van der Waals surface area contributed by atoms with Gasteiger partial charge in [-0.15, -0.1) is 0 Å². The molecule has 0 aliphatic rings. The Hall–Kier alpha value is 0.0634. The maximum Gasteiger partial charge on any atom is 0.123 e. The van der Waals surface area contributed by atoms with Gasteiger partial charge in [-0.2, -0.15) is 0 Å². The molecule has 45 valence electrons. The Morgan fingerprint density at radius 3 is 2.33 bits per heavy atom. The zero-order valence-electron chi connectivity index (χ0n) is 4.77. The minimum Gasteiger partial charge on any atom is -1.00 e. The van der Waals surface area contributed by atoms with Crippen LogP contribution in [0.1, 0.15) is 0 Å². The van der Waals surface area contributed by atoms with Crippen LogP contribution in [0.15, 0.2) is 24.3 Å². The second kappa shape index (κ2) is 6.19. The van der Waals surface area contributed by atoms with Gasteiger partial charge < -0.3 is 12.4 Å². The van der Waals surface area contributed by atoms with Crippen LogP contribution in [-0.2, 0) is 19.5 Å². The van der Waals surface area contributed by atoms with E-state index in [0.29, 0.717) is 0 Å². The fourth-order valence-electron chi connectivity index (χ4n) is 0.371. The van der Waals surface area contributed by atoms with Gasteiger partial charge in [-0.05, 0) is 18.2 Å². The van der Waals surface area contributed by atoms with Crippen LogP contribution < -0.4 is 12.4 Å². The zero-order valence-corrected chi connectivity index (χ0v) is 8.50. The monoisotopic (exact) mass is 194 g/mol. The minimum atomic E-state index is -0.234. The Bertz CT molecular complexity index is 143. The van der Waals surface area contributed by atoms with E-state index in [1.54, 1.807) is 12.1 Å². The predicted molar refractivity (Wildman–Crippen MR) is 25.2 cm³/mol.